The van der Waals surface area contributed by atoms with Crippen molar-refractivity contribution in [3.63, 3.8) is 0 Å². The first-order valence-corrected chi connectivity index (χ1v) is 6.45. The molecule has 0 saturated carbocycles. The van der Waals surface area contributed by atoms with Crippen LogP contribution in [0.1, 0.15) is 17.2 Å². The molecular weight excluding hydrogens is 281 g/mol. The highest BCUT2D eigenvalue weighted by Crippen LogP contribution is 2.31. The molecule has 0 spiro atoms. The normalized spacial score (nSPS) is 12.2. The molecule has 1 unspecified atom stereocenters. The van der Waals surface area contributed by atoms with Gasteiger partial charge in [-0.15, -0.1) is 0 Å². The molecule has 106 valence electrons. The van der Waals surface area contributed by atoms with Crippen LogP contribution >= 0.6 is 11.6 Å². The highest BCUT2D eigenvalue weighted by molar-refractivity contribution is 6.30. The number of aliphatic hydroxyl groups is 1. The lowest BCUT2D eigenvalue weighted by Gasteiger charge is -2.15. The molecule has 1 atom stereocenters. The van der Waals surface area contributed by atoms with E-state index in [0.717, 1.165) is 5.56 Å². The second kappa shape index (κ2) is 6.11. The van der Waals surface area contributed by atoms with E-state index < -0.39 is 11.9 Å². The summed E-state index contributed by atoms with van der Waals surface area (Å²) in [6.07, 6.45) is -0.524. The molecule has 0 bridgehead atoms. The lowest BCUT2D eigenvalue weighted by molar-refractivity contribution is 0.179. The number of anilines is 1. The number of ether oxygens (including phenoxy) is 1. The van der Waals surface area contributed by atoms with Gasteiger partial charge < -0.3 is 15.6 Å². The Kier molecular flexibility index (Phi) is 4.47. The van der Waals surface area contributed by atoms with Crippen LogP contribution in [0.3, 0.4) is 0 Å². The van der Waals surface area contributed by atoms with Gasteiger partial charge >= 0.3 is 0 Å². The molecule has 0 amide bonds. The first-order chi connectivity index (χ1) is 9.52. The lowest BCUT2D eigenvalue weighted by atomic mass is 9.99. The van der Waals surface area contributed by atoms with Gasteiger partial charge in [0, 0.05) is 12.0 Å². The fourth-order valence-corrected chi connectivity index (χ4v) is 2.23. The smallest absolute Gasteiger partial charge is 0.142 e. The van der Waals surface area contributed by atoms with E-state index in [0.29, 0.717) is 17.0 Å². The van der Waals surface area contributed by atoms with E-state index in [1.54, 1.807) is 24.3 Å². The zero-order valence-electron chi connectivity index (χ0n) is 10.9. The highest BCUT2D eigenvalue weighted by atomic mass is 35.5. The molecule has 0 aliphatic rings. The molecular formula is C15H15ClFNO2. The molecule has 3 nitrogen and oxygen atoms in total. The Hall–Kier alpha value is -1.78. The Morgan fingerprint density at radius 2 is 2.10 bits per heavy atom. The summed E-state index contributed by atoms with van der Waals surface area (Å²) in [5, 5.41) is 10.3. The van der Waals surface area contributed by atoms with Gasteiger partial charge in [0.05, 0.1) is 23.9 Å². The van der Waals surface area contributed by atoms with Crippen molar-refractivity contribution in [2.24, 2.45) is 0 Å². The Morgan fingerprint density at radius 1 is 1.35 bits per heavy atom. The van der Waals surface area contributed by atoms with Crippen molar-refractivity contribution < 1.29 is 14.2 Å². The van der Waals surface area contributed by atoms with Gasteiger partial charge in [0.25, 0.3) is 0 Å². The maximum Gasteiger partial charge on any atom is 0.142 e. The van der Waals surface area contributed by atoms with Crippen LogP contribution in [0, 0.1) is 5.82 Å². The Balaban J connectivity index is 2.23. The number of nitrogen functional groups attached to an aromatic ring is 1. The summed E-state index contributed by atoms with van der Waals surface area (Å²) in [5.41, 5.74) is 7.63. The zero-order valence-corrected chi connectivity index (χ0v) is 11.7. The van der Waals surface area contributed by atoms with E-state index in [-0.39, 0.29) is 11.4 Å². The van der Waals surface area contributed by atoms with Crippen molar-refractivity contribution in [2.45, 2.75) is 12.5 Å². The van der Waals surface area contributed by atoms with Crippen molar-refractivity contribution in [1.29, 1.82) is 0 Å². The molecule has 2 aromatic rings. The molecule has 0 aromatic heterocycles. The minimum absolute atomic E-state index is 0.0355. The van der Waals surface area contributed by atoms with Crippen molar-refractivity contribution >= 4 is 17.3 Å². The Labute approximate surface area is 121 Å². The van der Waals surface area contributed by atoms with Crippen molar-refractivity contribution in [1.82, 2.24) is 0 Å². The predicted octanol–water partition coefficient (Wildman–Crippen LogP) is 3.35. The summed E-state index contributed by atoms with van der Waals surface area (Å²) in [5.74, 6) is 0.0319. The summed E-state index contributed by atoms with van der Waals surface area (Å²) in [4.78, 5) is 0. The number of methoxy groups -OCH3 is 1. The number of para-hydroxylation sites is 1. The van der Waals surface area contributed by atoms with Crippen LogP contribution < -0.4 is 10.5 Å². The highest BCUT2D eigenvalue weighted by Gasteiger charge is 2.15. The first-order valence-electron chi connectivity index (χ1n) is 6.07. The fraction of sp³-hybridized carbons (Fsp3) is 0.200. The summed E-state index contributed by atoms with van der Waals surface area (Å²) in [6, 6.07) is 9.57. The van der Waals surface area contributed by atoms with Crippen molar-refractivity contribution in [2.75, 3.05) is 12.8 Å². The number of rotatable bonds is 4. The third kappa shape index (κ3) is 3.03. The number of hydrogen-bond donors (Lipinski definition) is 2. The standard InChI is InChI=1S/C15H15ClFNO2/c1-20-14-4-2-3-10(15(14)18)13(19)8-9-5-6-12(17)11(16)7-9/h2-7,13,19H,8,18H2,1H3. The van der Waals surface area contributed by atoms with Gasteiger partial charge in [0.15, 0.2) is 0 Å². The van der Waals surface area contributed by atoms with Crippen LogP contribution in [0.25, 0.3) is 0 Å². The topological polar surface area (TPSA) is 55.5 Å². The van der Waals surface area contributed by atoms with Crippen LogP contribution in [0.5, 0.6) is 5.75 Å². The van der Waals surface area contributed by atoms with Crippen molar-refractivity contribution in [3.05, 3.63) is 58.4 Å². The van der Waals surface area contributed by atoms with Gasteiger partial charge in [0.1, 0.15) is 11.6 Å². The first kappa shape index (κ1) is 14.6. The summed E-state index contributed by atoms with van der Waals surface area (Å²) in [6.45, 7) is 0. The summed E-state index contributed by atoms with van der Waals surface area (Å²) < 4.78 is 18.2. The Morgan fingerprint density at radius 3 is 2.75 bits per heavy atom. The van der Waals surface area contributed by atoms with E-state index in [2.05, 4.69) is 0 Å². The number of benzene rings is 2. The second-order valence-corrected chi connectivity index (χ2v) is 4.84. The third-order valence-electron chi connectivity index (χ3n) is 3.09. The minimum atomic E-state index is -0.813. The van der Waals surface area contributed by atoms with Gasteiger partial charge in [-0.1, -0.05) is 29.8 Å². The molecule has 5 heteroatoms. The SMILES string of the molecule is COc1cccc(C(O)Cc2ccc(F)c(Cl)c2)c1N. The molecule has 2 aromatic carbocycles. The van der Waals surface area contributed by atoms with Crippen LogP contribution in [0.4, 0.5) is 10.1 Å². The Bertz CT molecular complexity index is 619. The molecule has 0 aliphatic carbocycles. The van der Waals surface area contributed by atoms with E-state index in [1.165, 1.54) is 19.2 Å². The van der Waals surface area contributed by atoms with Crippen molar-refractivity contribution in [3.8, 4) is 5.75 Å². The van der Waals surface area contributed by atoms with E-state index in [9.17, 15) is 9.50 Å². The number of aliphatic hydroxyl groups excluding tert-OH is 1. The van der Waals surface area contributed by atoms with Gasteiger partial charge in [-0.3, -0.25) is 0 Å². The molecule has 0 fully saturated rings. The lowest BCUT2D eigenvalue weighted by Crippen LogP contribution is -2.06. The molecule has 0 heterocycles. The third-order valence-corrected chi connectivity index (χ3v) is 3.38. The van der Waals surface area contributed by atoms with Gasteiger partial charge in [-0.2, -0.15) is 0 Å². The maximum atomic E-state index is 13.1. The summed E-state index contributed by atoms with van der Waals surface area (Å²) in [7, 11) is 1.52. The molecule has 0 saturated heterocycles. The number of halogens is 2. The maximum absolute atomic E-state index is 13.1. The number of hydrogen-bond acceptors (Lipinski definition) is 3. The van der Waals surface area contributed by atoms with Crippen LogP contribution in [0.2, 0.25) is 5.02 Å². The molecule has 3 N–H and O–H groups in total. The molecule has 2 rings (SSSR count). The zero-order chi connectivity index (χ0) is 14.7. The van der Waals surface area contributed by atoms with Crippen LogP contribution in [0.15, 0.2) is 36.4 Å². The average molecular weight is 296 g/mol. The van der Waals surface area contributed by atoms with Gasteiger partial charge in [-0.25, -0.2) is 4.39 Å². The van der Waals surface area contributed by atoms with Gasteiger partial charge in [-0.05, 0) is 23.8 Å². The molecule has 0 aliphatic heterocycles. The monoisotopic (exact) mass is 295 g/mol. The fourth-order valence-electron chi connectivity index (χ4n) is 2.03. The quantitative estimate of drug-likeness (QED) is 0.851. The van der Waals surface area contributed by atoms with E-state index >= 15 is 0 Å². The minimum Gasteiger partial charge on any atom is -0.495 e. The molecule has 0 radical (unpaired) electrons. The van der Waals surface area contributed by atoms with Gasteiger partial charge in [0.2, 0.25) is 0 Å². The second-order valence-electron chi connectivity index (χ2n) is 4.43. The predicted molar refractivity (Wildman–Crippen MR) is 77.5 cm³/mol. The number of nitrogens with two attached hydrogens (primary N) is 1. The average Bonchev–Trinajstić information content (AvgIpc) is 2.43. The molecule has 20 heavy (non-hydrogen) atoms. The van der Waals surface area contributed by atoms with E-state index in [4.69, 9.17) is 22.1 Å². The largest absolute Gasteiger partial charge is 0.495 e. The van der Waals surface area contributed by atoms with Crippen LogP contribution in [-0.2, 0) is 6.42 Å². The van der Waals surface area contributed by atoms with E-state index in [1.807, 2.05) is 0 Å². The van der Waals surface area contributed by atoms with Crippen LogP contribution in [-0.4, -0.2) is 12.2 Å². The summed E-state index contributed by atoms with van der Waals surface area (Å²) >= 11 is 5.72.